The molecule has 0 saturated carbocycles. The normalized spacial score (nSPS) is 12.7. The number of thiazole rings is 1. The zero-order valence-electron chi connectivity index (χ0n) is 13.9. The van der Waals surface area contributed by atoms with Crippen molar-refractivity contribution in [1.29, 1.82) is 5.41 Å². The van der Waals surface area contributed by atoms with Crippen molar-refractivity contribution in [2.75, 3.05) is 0 Å². The van der Waals surface area contributed by atoms with Gasteiger partial charge < -0.3 is 15.1 Å². The Labute approximate surface area is 151 Å². The summed E-state index contributed by atoms with van der Waals surface area (Å²) in [4.78, 5) is 4.67. The van der Waals surface area contributed by atoms with Crippen LogP contribution in [0, 0.1) is 5.41 Å². The largest absolute Gasteiger partial charge is 0.373 e. The first-order valence-electron chi connectivity index (χ1n) is 7.90. The molecule has 134 valence electrons. The first kappa shape index (κ1) is 16.6. The summed E-state index contributed by atoms with van der Waals surface area (Å²) in [6.07, 6.45) is 4.26. The predicted octanol–water partition coefficient (Wildman–Crippen LogP) is 0.845. The smallest absolute Gasteiger partial charge is 0.152 e. The molecular formula is C15H17N9OS. The molecule has 4 aromatic heterocycles. The quantitative estimate of drug-likeness (QED) is 0.241. The van der Waals surface area contributed by atoms with Crippen molar-refractivity contribution in [2.24, 2.45) is 7.05 Å². The third-order valence-corrected chi connectivity index (χ3v) is 5.18. The number of nitrogens with one attached hydrogen (secondary N) is 4. The number of rotatable bonds is 7. The van der Waals surface area contributed by atoms with E-state index < -0.39 is 6.23 Å². The van der Waals surface area contributed by atoms with Gasteiger partial charge in [0.2, 0.25) is 0 Å². The van der Waals surface area contributed by atoms with Crippen LogP contribution in [0.15, 0.2) is 18.5 Å². The van der Waals surface area contributed by atoms with Crippen LogP contribution in [0.4, 0.5) is 0 Å². The lowest BCUT2D eigenvalue weighted by Gasteiger charge is -2.14. The maximum atomic E-state index is 10.6. The molecule has 10 nitrogen and oxygen atoms in total. The van der Waals surface area contributed by atoms with E-state index in [1.54, 1.807) is 12.4 Å². The van der Waals surface area contributed by atoms with E-state index in [-0.39, 0.29) is 0 Å². The van der Waals surface area contributed by atoms with E-state index in [0.717, 1.165) is 21.0 Å². The van der Waals surface area contributed by atoms with Crippen LogP contribution in [0.25, 0.3) is 10.3 Å². The van der Waals surface area contributed by atoms with Crippen LogP contribution in [-0.2, 0) is 20.0 Å². The summed E-state index contributed by atoms with van der Waals surface area (Å²) in [5, 5.41) is 39.4. The minimum Gasteiger partial charge on any atom is -0.373 e. The zero-order chi connectivity index (χ0) is 18.1. The number of fused-ring (bicyclic) bond motifs is 1. The van der Waals surface area contributed by atoms with E-state index in [1.807, 2.05) is 17.7 Å². The van der Waals surface area contributed by atoms with E-state index in [1.165, 1.54) is 17.6 Å². The van der Waals surface area contributed by atoms with Crippen LogP contribution in [0.3, 0.4) is 0 Å². The molecule has 0 aliphatic heterocycles. The first-order chi connectivity index (χ1) is 12.7. The van der Waals surface area contributed by atoms with E-state index in [2.05, 4.69) is 35.9 Å². The van der Waals surface area contributed by atoms with Gasteiger partial charge in [0.25, 0.3) is 0 Å². The van der Waals surface area contributed by atoms with Crippen LogP contribution in [0.5, 0.6) is 0 Å². The zero-order valence-corrected chi connectivity index (χ0v) is 14.7. The number of aliphatic hydroxyl groups excluding tert-OH is 1. The monoisotopic (exact) mass is 371 g/mol. The van der Waals surface area contributed by atoms with Crippen molar-refractivity contribution in [3.63, 3.8) is 0 Å². The van der Waals surface area contributed by atoms with Gasteiger partial charge in [0.15, 0.2) is 5.65 Å². The highest BCUT2D eigenvalue weighted by Crippen LogP contribution is 2.32. The summed E-state index contributed by atoms with van der Waals surface area (Å²) in [5.74, 6) is 0. The van der Waals surface area contributed by atoms with Gasteiger partial charge >= 0.3 is 0 Å². The van der Waals surface area contributed by atoms with Crippen molar-refractivity contribution in [2.45, 2.75) is 19.2 Å². The van der Waals surface area contributed by atoms with Gasteiger partial charge in [-0.1, -0.05) is 0 Å². The third-order valence-electron chi connectivity index (χ3n) is 4.10. The topological polar surface area (TPSA) is 144 Å². The van der Waals surface area contributed by atoms with E-state index in [4.69, 9.17) is 5.41 Å². The summed E-state index contributed by atoms with van der Waals surface area (Å²) in [5.41, 5.74) is 3.69. The highest BCUT2D eigenvalue weighted by Gasteiger charge is 2.23. The molecule has 5 N–H and O–H groups in total. The maximum absolute atomic E-state index is 10.6. The summed E-state index contributed by atoms with van der Waals surface area (Å²) < 4.78 is 2.71. The number of aromatic nitrogens is 7. The van der Waals surface area contributed by atoms with Gasteiger partial charge in [0, 0.05) is 43.7 Å². The average Bonchev–Trinajstić information content (AvgIpc) is 3.40. The molecule has 0 amide bonds. The van der Waals surface area contributed by atoms with Crippen LogP contribution < -0.4 is 5.32 Å². The number of aliphatic hydroxyl groups is 1. The molecule has 0 saturated heterocycles. The van der Waals surface area contributed by atoms with Gasteiger partial charge in [-0.15, -0.1) is 11.3 Å². The minimum atomic E-state index is -0.953. The Kier molecular flexibility index (Phi) is 4.32. The number of aromatic amines is 2. The van der Waals surface area contributed by atoms with Crippen molar-refractivity contribution >= 4 is 27.9 Å². The Morgan fingerprint density at radius 1 is 1.46 bits per heavy atom. The second-order valence-electron chi connectivity index (χ2n) is 5.77. The fraction of sp³-hybridized carbons (Fsp3) is 0.267. The summed E-state index contributed by atoms with van der Waals surface area (Å²) in [6.45, 7) is 0.354. The molecule has 26 heavy (non-hydrogen) atoms. The van der Waals surface area contributed by atoms with Gasteiger partial charge in [-0.2, -0.15) is 20.5 Å². The molecule has 0 spiro atoms. The minimum absolute atomic E-state index is 0.354. The molecule has 0 aliphatic carbocycles. The van der Waals surface area contributed by atoms with Gasteiger partial charge in [-0.3, -0.25) is 10.4 Å². The summed E-state index contributed by atoms with van der Waals surface area (Å²) >= 11 is 1.52. The summed E-state index contributed by atoms with van der Waals surface area (Å²) in [7, 11) is 1.84. The van der Waals surface area contributed by atoms with Crippen LogP contribution in [0.1, 0.15) is 33.9 Å². The van der Waals surface area contributed by atoms with Gasteiger partial charge in [0.05, 0.1) is 22.3 Å². The Morgan fingerprint density at radius 3 is 3.04 bits per heavy atom. The second kappa shape index (κ2) is 6.78. The van der Waals surface area contributed by atoms with Gasteiger partial charge in [0.1, 0.15) is 11.2 Å². The fourth-order valence-electron chi connectivity index (χ4n) is 2.87. The second-order valence-corrected chi connectivity index (χ2v) is 6.85. The average molecular weight is 371 g/mol. The van der Waals surface area contributed by atoms with Gasteiger partial charge in [-0.05, 0) is 6.07 Å². The molecule has 4 rings (SSSR count). The van der Waals surface area contributed by atoms with Crippen molar-refractivity contribution < 1.29 is 5.11 Å². The Balaban J connectivity index is 1.63. The lowest BCUT2D eigenvalue weighted by molar-refractivity contribution is 0.129. The van der Waals surface area contributed by atoms with Gasteiger partial charge in [-0.25, -0.2) is 4.98 Å². The molecule has 0 radical (unpaired) electrons. The van der Waals surface area contributed by atoms with Crippen molar-refractivity contribution in [3.05, 3.63) is 46.1 Å². The lowest BCUT2D eigenvalue weighted by Crippen LogP contribution is -2.23. The molecule has 11 heteroatoms. The highest BCUT2D eigenvalue weighted by atomic mass is 32.1. The molecule has 0 aromatic carbocycles. The van der Waals surface area contributed by atoms with E-state index in [0.29, 0.717) is 29.9 Å². The highest BCUT2D eigenvalue weighted by molar-refractivity contribution is 7.19. The summed E-state index contributed by atoms with van der Waals surface area (Å²) in [6, 6.07) is 1.91. The number of nitrogens with zero attached hydrogens (tertiary/aromatic N) is 5. The third kappa shape index (κ3) is 2.92. The molecule has 0 bridgehead atoms. The molecule has 0 aliphatic rings. The Hall–Kier alpha value is -2.89. The van der Waals surface area contributed by atoms with Crippen LogP contribution in [0.2, 0.25) is 0 Å². The fourth-order valence-corrected chi connectivity index (χ4v) is 4.01. The van der Waals surface area contributed by atoms with Crippen molar-refractivity contribution in [3.8, 4) is 0 Å². The standard InChI is InChI=1S/C15H17N9OS/c1-24-12(15(25)17-6-9-7-19-23-22-9)10(5-16)13-14(24)20-11(26-13)4-8-2-3-18-21-8/h2-3,5,7,15-17,25H,4,6H2,1H3,(H,18,21)(H,19,22,23). The molecule has 4 aromatic rings. The van der Waals surface area contributed by atoms with Crippen molar-refractivity contribution in [1.82, 2.24) is 40.5 Å². The van der Waals surface area contributed by atoms with Crippen LogP contribution in [-0.4, -0.2) is 46.5 Å². The molecule has 1 atom stereocenters. The Morgan fingerprint density at radius 2 is 2.35 bits per heavy atom. The molecular weight excluding hydrogens is 354 g/mol. The van der Waals surface area contributed by atoms with E-state index in [9.17, 15) is 5.11 Å². The Bertz CT molecular complexity index is 1020. The van der Waals surface area contributed by atoms with E-state index >= 15 is 0 Å². The molecule has 0 fully saturated rings. The number of H-pyrrole nitrogens is 2. The molecule has 1 unspecified atom stereocenters. The number of hydrogen-bond donors (Lipinski definition) is 5. The predicted molar refractivity (Wildman–Crippen MR) is 96.1 cm³/mol. The SMILES string of the molecule is Cn1c(C(O)NCc2cn[nH]n2)c(C=N)c2sc(Cc3ccn[nH]3)nc21. The van der Waals surface area contributed by atoms with Crippen LogP contribution >= 0.6 is 11.3 Å². The number of aryl methyl sites for hydroxylation is 1. The number of hydrogen-bond acceptors (Lipinski definition) is 8. The lowest BCUT2D eigenvalue weighted by atomic mass is 10.2. The first-order valence-corrected chi connectivity index (χ1v) is 8.72. The maximum Gasteiger partial charge on any atom is 0.152 e. The molecule has 4 heterocycles.